The SMILES string of the molecule is CC[C@H](C)N1CCN(Cc2ccc(OC)c(Br)c2)CC1. The minimum Gasteiger partial charge on any atom is -0.496 e. The average Bonchev–Trinajstić information content (AvgIpc) is 2.47. The Morgan fingerprint density at radius 3 is 2.50 bits per heavy atom. The smallest absolute Gasteiger partial charge is 0.133 e. The van der Waals surface area contributed by atoms with Crippen molar-refractivity contribution in [3.8, 4) is 5.75 Å². The van der Waals surface area contributed by atoms with Gasteiger partial charge in [0.25, 0.3) is 0 Å². The molecule has 0 unspecified atom stereocenters. The monoisotopic (exact) mass is 340 g/mol. The molecular formula is C16H25BrN2O. The zero-order valence-corrected chi connectivity index (χ0v) is 14.3. The van der Waals surface area contributed by atoms with E-state index in [1.165, 1.54) is 25.1 Å². The Morgan fingerprint density at radius 2 is 1.95 bits per heavy atom. The van der Waals surface area contributed by atoms with Gasteiger partial charge in [-0.2, -0.15) is 0 Å². The lowest BCUT2D eigenvalue weighted by atomic mass is 10.1. The van der Waals surface area contributed by atoms with E-state index in [1.807, 2.05) is 6.07 Å². The van der Waals surface area contributed by atoms with E-state index >= 15 is 0 Å². The van der Waals surface area contributed by atoms with Crippen LogP contribution < -0.4 is 4.74 Å². The highest BCUT2D eigenvalue weighted by Crippen LogP contribution is 2.26. The van der Waals surface area contributed by atoms with E-state index in [9.17, 15) is 0 Å². The summed E-state index contributed by atoms with van der Waals surface area (Å²) in [6.07, 6.45) is 1.24. The molecule has 0 spiro atoms. The number of hydrogen-bond donors (Lipinski definition) is 0. The molecule has 1 heterocycles. The van der Waals surface area contributed by atoms with Crippen LogP contribution in [0.15, 0.2) is 22.7 Å². The summed E-state index contributed by atoms with van der Waals surface area (Å²) in [7, 11) is 1.70. The number of halogens is 1. The fourth-order valence-electron chi connectivity index (χ4n) is 2.69. The molecule has 0 amide bonds. The van der Waals surface area contributed by atoms with E-state index in [4.69, 9.17) is 4.74 Å². The molecule has 2 rings (SSSR count). The molecule has 1 atom stereocenters. The highest BCUT2D eigenvalue weighted by molar-refractivity contribution is 9.10. The van der Waals surface area contributed by atoms with Gasteiger partial charge in [-0.1, -0.05) is 13.0 Å². The van der Waals surface area contributed by atoms with Crippen LogP contribution in [0.25, 0.3) is 0 Å². The fraction of sp³-hybridized carbons (Fsp3) is 0.625. The van der Waals surface area contributed by atoms with Crippen molar-refractivity contribution in [2.24, 2.45) is 0 Å². The maximum absolute atomic E-state index is 5.28. The van der Waals surface area contributed by atoms with E-state index < -0.39 is 0 Å². The van der Waals surface area contributed by atoms with Gasteiger partial charge in [-0.05, 0) is 47.0 Å². The topological polar surface area (TPSA) is 15.7 Å². The van der Waals surface area contributed by atoms with Crippen molar-refractivity contribution >= 4 is 15.9 Å². The molecule has 3 nitrogen and oxygen atoms in total. The molecule has 1 aromatic rings. The largest absolute Gasteiger partial charge is 0.496 e. The number of ether oxygens (including phenoxy) is 1. The maximum atomic E-state index is 5.28. The van der Waals surface area contributed by atoms with E-state index in [2.05, 4.69) is 51.7 Å². The second kappa shape index (κ2) is 7.43. The zero-order valence-electron chi connectivity index (χ0n) is 12.7. The highest BCUT2D eigenvalue weighted by atomic mass is 79.9. The first-order valence-corrected chi connectivity index (χ1v) is 8.22. The summed E-state index contributed by atoms with van der Waals surface area (Å²) in [5.74, 6) is 0.898. The van der Waals surface area contributed by atoms with Crippen LogP contribution in [0.5, 0.6) is 5.75 Å². The van der Waals surface area contributed by atoms with E-state index in [0.29, 0.717) is 6.04 Å². The third-order valence-electron chi connectivity index (χ3n) is 4.24. The van der Waals surface area contributed by atoms with Crippen molar-refractivity contribution in [2.75, 3.05) is 33.3 Å². The Balaban J connectivity index is 1.88. The van der Waals surface area contributed by atoms with Crippen LogP contribution in [-0.2, 0) is 6.54 Å². The maximum Gasteiger partial charge on any atom is 0.133 e. The van der Waals surface area contributed by atoms with Crippen molar-refractivity contribution in [1.29, 1.82) is 0 Å². The van der Waals surface area contributed by atoms with Gasteiger partial charge in [0.15, 0.2) is 0 Å². The second-order valence-corrected chi connectivity index (χ2v) is 6.39. The first-order chi connectivity index (χ1) is 9.63. The van der Waals surface area contributed by atoms with Crippen LogP contribution in [0.4, 0.5) is 0 Å². The summed E-state index contributed by atoms with van der Waals surface area (Å²) in [5.41, 5.74) is 1.34. The normalized spacial score (nSPS) is 19.0. The molecule has 4 heteroatoms. The number of rotatable bonds is 5. The molecule has 112 valence electrons. The summed E-state index contributed by atoms with van der Waals surface area (Å²) < 4.78 is 6.31. The third kappa shape index (κ3) is 3.96. The zero-order chi connectivity index (χ0) is 14.5. The van der Waals surface area contributed by atoms with E-state index in [1.54, 1.807) is 7.11 Å². The van der Waals surface area contributed by atoms with Crippen molar-refractivity contribution in [3.05, 3.63) is 28.2 Å². The van der Waals surface area contributed by atoms with Crippen molar-refractivity contribution in [2.45, 2.75) is 32.9 Å². The van der Waals surface area contributed by atoms with Gasteiger partial charge in [0, 0.05) is 38.8 Å². The molecule has 0 aromatic heterocycles. The predicted molar refractivity (Wildman–Crippen MR) is 87.3 cm³/mol. The quantitative estimate of drug-likeness (QED) is 0.817. The summed E-state index contributed by atoms with van der Waals surface area (Å²) in [5, 5.41) is 0. The molecule has 0 radical (unpaired) electrons. The van der Waals surface area contributed by atoms with Crippen molar-refractivity contribution in [3.63, 3.8) is 0 Å². The van der Waals surface area contributed by atoms with Gasteiger partial charge in [0.1, 0.15) is 5.75 Å². The first-order valence-electron chi connectivity index (χ1n) is 7.42. The van der Waals surface area contributed by atoms with Crippen LogP contribution in [0, 0.1) is 0 Å². The Morgan fingerprint density at radius 1 is 1.25 bits per heavy atom. The van der Waals surface area contributed by atoms with E-state index in [0.717, 1.165) is 29.9 Å². The average molecular weight is 341 g/mol. The predicted octanol–water partition coefficient (Wildman–Crippen LogP) is 3.37. The van der Waals surface area contributed by atoms with Crippen LogP contribution in [0.3, 0.4) is 0 Å². The molecule has 1 aromatic carbocycles. The molecule has 1 aliphatic heterocycles. The van der Waals surface area contributed by atoms with E-state index in [-0.39, 0.29) is 0 Å². The van der Waals surface area contributed by atoms with Crippen LogP contribution in [0.1, 0.15) is 25.8 Å². The Labute approximate surface area is 131 Å². The lowest BCUT2D eigenvalue weighted by molar-refractivity contribution is 0.0963. The number of hydrogen-bond acceptors (Lipinski definition) is 3. The van der Waals surface area contributed by atoms with Gasteiger partial charge < -0.3 is 4.74 Å². The van der Waals surface area contributed by atoms with Gasteiger partial charge >= 0.3 is 0 Å². The standard InChI is InChI=1S/C16H25BrN2O/c1-4-13(2)19-9-7-18(8-10-19)12-14-5-6-16(20-3)15(17)11-14/h5-6,11,13H,4,7-10,12H2,1-3H3/t13-/m0/s1. The highest BCUT2D eigenvalue weighted by Gasteiger charge is 2.20. The summed E-state index contributed by atoms with van der Waals surface area (Å²) in [4.78, 5) is 5.13. The molecule has 0 saturated carbocycles. The molecule has 1 saturated heterocycles. The number of benzene rings is 1. The van der Waals surface area contributed by atoms with Crippen LogP contribution >= 0.6 is 15.9 Å². The lowest BCUT2D eigenvalue weighted by Crippen LogP contribution is -2.48. The van der Waals surface area contributed by atoms with Crippen molar-refractivity contribution < 1.29 is 4.74 Å². The third-order valence-corrected chi connectivity index (χ3v) is 4.86. The van der Waals surface area contributed by atoms with Gasteiger partial charge in [-0.3, -0.25) is 9.80 Å². The number of piperazine rings is 1. The summed E-state index contributed by atoms with van der Waals surface area (Å²) in [6, 6.07) is 7.08. The molecular weight excluding hydrogens is 316 g/mol. The van der Waals surface area contributed by atoms with Crippen molar-refractivity contribution in [1.82, 2.24) is 9.80 Å². The van der Waals surface area contributed by atoms with Crippen LogP contribution in [-0.4, -0.2) is 49.1 Å². The lowest BCUT2D eigenvalue weighted by Gasteiger charge is -2.37. The minimum atomic E-state index is 0.715. The fourth-order valence-corrected chi connectivity index (χ4v) is 3.27. The second-order valence-electron chi connectivity index (χ2n) is 5.54. The van der Waals surface area contributed by atoms with Gasteiger partial charge in [-0.25, -0.2) is 0 Å². The van der Waals surface area contributed by atoms with Crippen LogP contribution in [0.2, 0.25) is 0 Å². The van der Waals surface area contributed by atoms with Gasteiger partial charge in [-0.15, -0.1) is 0 Å². The molecule has 0 aliphatic carbocycles. The number of methoxy groups -OCH3 is 1. The molecule has 1 fully saturated rings. The summed E-state index contributed by atoms with van der Waals surface area (Å²) in [6.45, 7) is 10.3. The molecule has 20 heavy (non-hydrogen) atoms. The van der Waals surface area contributed by atoms with Gasteiger partial charge in [0.05, 0.1) is 11.6 Å². The summed E-state index contributed by atoms with van der Waals surface area (Å²) >= 11 is 3.56. The Hall–Kier alpha value is -0.580. The Kier molecular flexibility index (Phi) is 5.87. The molecule has 0 N–H and O–H groups in total. The molecule has 0 bridgehead atoms. The first kappa shape index (κ1) is 15.8. The van der Waals surface area contributed by atoms with Gasteiger partial charge in [0.2, 0.25) is 0 Å². The minimum absolute atomic E-state index is 0.715. The Bertz CT molecular complexity index is 430. The molecule has 1 aliphatic rings. The number of nitrogens with zero attached hydrogens (tertiary/aromatic N) is 2.